The molecule has 1 aliphatic heterocycles. The molecule has 1 aromatic carbocycles. The van der Waals surface area contributed by atoms with Crippen molar-refractivity contribution in [1.82, 2.24) is 14.9 Å². The first-order chi connectivity index (χ1) is 12.9. The van der Waals surface area contributed by atoms with Crippen LogP contribution < -0.4 is 4.90 Å². The molecule has 0 radical (unpaired) electrons. The molecule has 1 aromatic heterocycles. The summed E-state index contributed by atoms with van der Waals surface area (Å²) in [7, 11) is 1.84. The first-order valence-corrected chi connectivity index (χ1v) is 10.9. The third-order valence-electron chi connectivity index (χ3n) is 4.99. The van der Waals surface area contributed by atoms with Crippen LogP contribution in [0.4, 0.5) is 15.0 Å². The van der Waals surface area contributed by atoms with Gasteiger partial charge in [-0.2, -0.15) is 4.98 Å². The second-order valence-corrected chi connectivity index (χ2v) is 10.1. The summed E-state index contributed by atoms with van der Waals surface area (Å²) in [5, 5.41) is 9.82. The van der Waals surface area contributed by atoms with Crippen LogP contribution in [0.2, 0.25) is 5.28 Å². The van der Waals surface area contributed by atoms with Crippen molar-refractivity contribution < 1.29 is 14.3 Å². The number of likely N-dealkylation sites (tertiary alicyclic amines) is 1. The molecule has 1 atom stereocenters. The highest BCUT2D eigenvalue weighted by Crippen LogP contribution is 2.43. The Kier molecular flexibility index (Phi) is 6.00. The van der Waals surface area contributed by atoms with Crippen LogP contribution in [0.1, 0.15) is 32.8 Å². The molecule has 1 amide bonds. The number of carbonyl (C=O) groups is 1. The van der Waals surface area contributed by atoms with E-state index in [2.05, 4.69) is 48.5 Å². The molecule has 0 unspecified atom stereocenters. The average Bonchev–Trinajstić information content (AvgIpc) is 3.08. The van der Waals surface area contributed by atoms with E-state index in [-0.39, 0.29) is 22.3 Å². The van der Waals surface area contributed by atoms with Gasteiger partial charge in [-0.25, -0.2) is 14.2 Å². The van der Waals surface area contributed by atoms with E-state index in [1.54, 1.807) is 0 Å². The number of hydrogen-bond donors (Lipinski definition) is 1. The van der Waals surface area contributed by atoms with Gasteiger partial charge in [0.1, 0.15) is 11.3 Å². The highest BCUT2D eigenvalue weighted by atomic mass is 127. The lowest BCUT2D eigenvalue weighted by Crippen LogP contribution is -2.37. The fraction of sp³-hybridized carbons (Fsp3) is 0.500. The predicted octanol–water partition coefficient (Wildman–Crippen LogP) is 5.28. The molecule has 152 valence electrons. The van der Waals surface area contributed by atoms with Crippen molar-refractivity contribution in [3.05, 3.63) is 24.7 Å². The predicted molar refractivity (Wildman–Crippen MR) is 120 cm³/mol. The third-order valence-corrected chi connectivity index (χ3v) is 7.72. The topological polar surface area (TPSA) is 69.6 Å². The minimum atomic E-state index is -0.943. The third kappa shape index (κ3) is 3.77. The largest absolute Gasteiger partial charge is 0.465 e. The van der Waals surface area contributed by atoms with Gasteiger partial charge in [-0.15, -0.1) is 0 Å². The Morgan fingerprint density at radius 1 is 1.43 bits per heavy atom. The average molecular weight is 586 g/mol. The summed E-state index contributed by atoms with van der Waals surface area (Å²) in [6, 6.07) is -0.0811. The van der Waals surface area contributed by atoms with Crippen LogP contribution >= 0.6 is 50.1 Å². The van der Waals surface area contributed by atoms with Crippen molar-refractivity contribution in [3.8, 4) is 0 Å². The van der Waals surface area contributed by atoms with Gasteiger partial charge in [0.2, 0.25) is 5.28 Å². The SMILES string of the molecule is CN(c1nc(Cl)nc2c(F)c(Br)c(I)c(C(C)(C)C)c12)[C@H]1CCN(C(=O)O)C1. The Morgan fingerprint density at radius 2 is 2.07 bits per heavy atom. The molecule has 0 aliphatic carbocycles. The Balaban J connectivity index is 2.27. The van der Waals surface area contributed by atoms with E-state index >= 15 is 4.39 Å². The number of hydrogen-bond acceptors (Lipinski definition) is 4. The normalized spacial score (nSPS) is 17.4. The lowest BCUT2D eigenvalue weighted by Gasteiger charge is -2.30. The number of amides is 1. The Morgan fingerprint density at radius 3 is 2.61 bits per heavy atom. The molecule has 2 aromatic rings. The molecule has 0 bridgehead atoms. The van der Waals surface area contributed by atoms with Crippen molar-refractivity contribution in [2.24, 2.45) is 0 Å². The summed E-state index contributed by atoms with van der Waals surface area (Å²) in [4.78, 5) is 23.2. The van der Waals surface area contributed by atoms with Gasteiger partial charge >= 0.3 is 6.09 Å². The Hall–Kier alpha value is -0.940. The summed E-state index contributed by atoms with van der Waals surface area (Å²) in [5.74, 6) is 0.0337. The molecule has 1 aliphatic rings. The minimum Gasteiger partial charge on any atom is -0.465 e. The van der Waals surface area contributed by atoms with E-state index < -0.39 is 11.9 Å². The Bertz CT molecular complexity index is 969. The smallest absolute Gasteiger partial charge is 0.407 e. The van der Waals surface area contributed by atoms with Gasteiger partial charge in [-0.3, -0.25) is 0 Å². The van der Waals surface area contributed by atoms with Crippen molar-refractivity contribution >= 4 is 72.9 Å². The number of likely N-dealkylation sites (N-methyl/N-ethyl adjacent to an activating group) is 1. The van der Waals surface area contributed by atoms with Gasteiger partial charge in [0.25, 0.3) is 0 Å². The maximum Gasteiger partial charge on any atom is 0.407 e. The summed E-state index contributed by atoms with van der Waals surface area (Å²) >= 11 is 11.6. The van der Waals surface area contributed by atoms with Gasteiger partial charge in [-0.05, 0) is 67.5 Å². The van der Waals surface area contributed by atoms with E-state index in [0.29, 0.717) is 35.2 Å². The molecule has 6 nitrogen and oxygen atoms in total. The van der Waals surface area contributed by atoms with Gasteiger partial charge < -0.3 is 14.9 Å². The first kappa shape index (κ1) is 21.8. The van der Waals surface area contributed by atoms with E-state index in [1.165, 1.54) is 4.90 Å². The highest BCUT2D eigenvalue weighted by molar-refractivity contribution is 14.1. The molecule has 0 spiro atoms. The molecule has 0 saturated carbocycles. The van der Waals surface area contributed by atoms with Crippen LogP contribution in [-0.4, -0.2) is 52.2 Å². The van der Waals surface area contributed by atoms with Crippen LogP contribution in [0.15, 0.2) is 4.47 Å². The fourth-order valence-electron chi connectivity index (χ4n) is 3.60. The first-order valence-electron chi connectivity index (χ1n) is 8.68. The highest BCUT2D eigenvalue weighted by Gasteiger charge is 2.33. The number of anilines is 1. The zero-order valence-electron chi connectivity index (χ0n) is 15.9. The van der Waals surface area contributed by atoms with Crippen LogP contribution in [0.3, 0.4) is 0 Å². The van der Waals surface area contributed by atoms with Crippen LogP contribution in [0.5, 0.6) is 0 Å². The number of nitrogens with zero attached hydrogens (tertiary/aromatic N) is 4. The number of carboxylic acid groups (broad SMARTS) is 1. The molecular formula is C18H20BrClFIN4O2. The quantitative estimate of drug-likeness (QED) is 0.295. The van der Waals surface area contributed by atoms with E-state index in [9.17, 15) is 9.90 Å². The second-order valence-electron chi connectivity index (χ2n) is 7.89. The zero-order chi connectivity index (χ0) is 21.0. The monoisotopic (exact) mass is 584 g/mol. The van der Waals surface area contributed by atoms with Crippen molar-refractivity contribution in [3.63, 3.8) is 0 Å². The van der Waals surface area contributed by atoms with E-state index in [4.69, 9.17) is 11.6 Å². The summed E-state index contributed by atoms with van der Waals surface area (Å²) in [6.45, 7) is 6.96. The van der Waals surface area contributed by atoms with Gasteiger partial charge in [0, 0.05) is 29.7 Å². The van der Waals surface area contributed by atoms with Crippen molar-refractivity contribution in [1.29, 1.82) is 0 Å². The number of halogens is 4. The summed E-state index contributed by atoms with van der Waals surface area (Å²) in [6.07, 6.45) is -0.284. The summed E-state index contributed by atoms with van der Waals surface area (Å²) in [5.41, 5.74) is 0.774. The number of rotatable bonds is 2. The summed E-state index contributed by atoms with van der Waals surface area (Å²) < 4.78 is 16.2. The van der Waals surface area contributed by atoms with Crippen LogP contribution in [-0.2, 0) is 5.41 Å². The van der Waals surface area contributed by atoms with Gasteiger partial charge in [0.15, 0.2) is 5.82 Å². The Labute approximate surface area is 189 Å². The van der Waals surface area contributed by atoms with Gasteiger partial charge in [-0.1, -0.05) is 20.8 Å². The molecule has 3 rings (SSSR count). The fourth-order valence-corrected chi connectivity index (χ4v) is 5.46. The number of benzene rings is 1. The van der Waals surface area contributed by atoms with E-state index in [0.717, 1.165) is 9.13 Å². The van der Waals surface area contributed by atoms with Crippen LogP contribution in [0, 0.1) is 9.39 Å². The molecule has 1 saturated heterocycles. The molecule has 1 fully saturated rings. The van der Waals surface area contributed by atoms with Gasteiger partial charge in [0.05, 0.1) is 9.86 Å². The lowest BCUT2D eigenvalue weighted by molar-refractivity contribution is 0.155. The maximum absolute atomic E-state index is 15.1. The lowest BCUT2D eigenvalue weighted by atomic mass is 9.84. The number of aromatic nitrogens is 2. The maximum atomic E-state index is 15.1. The molecule has 28 heavy (non-hydrogen) atoms. The van der Waals surface area contributed by atoms with E-state index in [1.807, 2.05) is 32.7 Å². The minimum absolute atomic E-state index is 0.0469. The standard InChI is InChI=1S/C18H20BrClFIN4O2/c1-18(2,3)10-9-14(12(21)11(19)13(10)22)23-16(20)24-15(9)25(4)8-5-6-26(7-8)17(27)28/h8H,5-7H2,1-4H3,(H,27,28)/t8-/m0/s1. The van der Waals surface area contributed by atoms with Crippen molar-refractivity contribution in [2.75, 3.05) is 25.0 Å². The zero-order valence-corrected chi connectivity index (χ0v) is 20.4. The molecule has 10 heteroatoms. The molecule has 2 heterocycles. The number of fused-ring (bicyclic) bond motifs is 1. The van der Waals surface area contributed by atoms with Crippen molar-refractivity contribution in [2.45, 2.75) is 38.6 Å². The van der Waals surface area contributed by atoms with Crippen LogP contribution in [0.25, 0.3) is 10.9 Å². The molecule has 1 N–H and O–H groups in total. The molecular weight excluding hydrogens is 565 g/mol. The second kappa shape index (κ2) is 7.71.